The number of benzene rings is 1. The minimum atomic E-state index is 0.759. The topological polar surface area (TPSA) is 32.5 Å². The van der Waals surface area contributed by atoms with Gasteiger partial charge in [0.1, 0.15) is 0 Å². The average molecular weight is 268 g/mol. The van der Waals surface area contributed by atoms with Gasteiger partial charge in [0.25, 0.3) is 0 Å². The van der Waals surface area contributed by atoms with Crippen LogP contribution in [-0.4, -0.2) is 38.6 Å². The zero-order chi connectivity index (χ0) is 13.1. The van der Waals surface area contributed by atoms with Crippen LogP contribution in [0.2, 0.25) is 5.02 Å². The van der Waals surface area contributed by atoms with Crippen molar-refractivity contribution in [2.45, 2.75) is 12.8 Å². The molecule has 0 atom stereocenters. The summed E-state index contributed by atoms with van der Waals surface area (Å²) in [5, 5.41) is 0.759. The minimum Gasteiger partial charge on any atom is -0.397 e. The van der Waals surface area contributed by atoms with Crippen LogP contribution < -0.4 is 10.6 Å². The lowest BCUT2D eigenvalue weighted by molar-refractivity contribution is 0.285. The Balaban J connectivity index is 1.99. The van der Waals surface area contributed by atoms with Crippen molar-refractivity contribution in [1.29, 1.82) is 0 Å². The molecule has 2 N–H and O–H groups in total. The standard InChI is InChI=1S/C14H22ClN3/c1-17(2)10-11-5-7-18(8-6-11)14-9-12(15)3-4-13(14)16/h3-4,9,11H,5-8,10,16H2,1-2H3. The first-order chi connectivity index (χ1) is 8.56. The van der Waals surface area contributed by atoms with E-state index in [1.54, 1.807) is 0 Å². The number of anilines is 2. The normalized spacial score (nSPS) is 17.4. The van der Waals surface area contributed by atoms with E-state index in [1.165, 1.54) is 19.4 Å². The summed E-state index contributed by atoms with van der Waals surface area (Å²) in [4.78, 5) is 4.63. The highest BCUT2D eigenvalue weighted by molar-refractivity contribution is 6.31. The predicted octanol–water partition coefficient (Wildman–Crippen LogP) is 2.70. The fourth-order valence-electron chi connectivity index (χ4n) is 2.66. The van der Waals surface area contributed by atoms with Gasteiger partial charge in [0.2, 0.25) is 0 Å². The quantitative estimate of drug-likeness (QED) is 0.855. The van der Waals surface area contributed by atoms with E-state index >= 15 is 0 Å². The van der Waals surface area contributed by atoms with Gasteiger partial charge in [0, 0.05) is 24.7 Å². The lowest BCUT2D eigenvalue weighted by atomic mass is 9.96. The molecule has 4 heteroatoms. The van der Waals surface area contributed by atoms with E-state index < -0.39 is 0 Å². The third kappa shape index (κ3) is 3.30. The lowest BCUT2D eigenvalue weighted by Crippen LogP contribution is -2.37. The van der Waals surface area contributed by atoms with Gasteiger partial charge in [-0.3, -0.25) is 0 Å². The van der Waals surface area contributed by atoms with Crippen molar-refractivity contribution in [3.05, 3.63) is 23.2 Å². The van der Waals surface area contributed by atoms with Gasteiger partial charge < -0.3 is 15.5 Å². The molecule has 1 aliphatic rings. The zero-order valence-electron chi connectivity index (χ0n) is 11.2. The van der Waals surface area contributed by atoms with Crippen LogP contribution in [0.1, 0.15) is 12.8 Å². The van der Waals surface area contributed by atoms with E-state index in [1.807, 2.05) is 18.2 Å². The van der Waals surface area contributed by atoms with Crippen molar-refractivity contribution in [1.82, 2.24) is 4.90 Å². The number of hydrogen-bond acceptors (Lipinski definition) is 3. The van der Waals surface area contributed by atoms with Gasteiger partial charge in [-0.25, -0.2) is 0 Å². The molecule has 0 radical (unpaired) electrons. The van der Waals surface area contributed by atoms with Crippen LogP contribution in [0.5, 0.6) is 0 Å². The summed E-state index contributed by atoms with van der Waals surface area (Å²) in [5.74, 6) is 0.802. The Hall–Kier alpha value is -0.930. The zero-order valence-corrected chi connectivity index (χ0v) is 12.0. The highest BCUT2D eigenvalue weighted by Crippen LogP contribution is 2.30. The first-order valence-corrected chi connectivity index (χ1v) is 6.89. The Kier molecular flexibility index (Phi) is 4.36. The summed E-state index contributed by atoms with van der Waals surface area (Å²) in [6.07, 6.45) is 2.45. The molecular weight excluding hydrogens is 246 g/mol. The first-order valence-electron chi connectivity index (χ1n) is 6.51. The number of hydrogen-bond donors (Lipinski definition) is 1. The smallest absolute Gasteiger partial charge is 0.0614 e. The van der Waals surface area contributed by atoms with Gasteiger partial charge in [0.05, 0.1) is 11.4 Å². The number of rotatable bonds is 3. The van der Waals surface area contributed by atoms with Gasteiger partial charge >= 0.3 is 0 Å². The summed E-state index contributed by atoms with van der Waals surface area (Å²) in [6.45, 7) is 3.32. The molecule has 0 aromatic heterocycles. The number of nitrogens with zero attached hydrogens (tertiary/aromatic N) is 2. The average Bonchev–Trinajstić information content (AvgIpc) is 2.33. The van der Waals surface area contributed by atoms with E-state index in [-0.39, 0.29) is 0 Å². The molecule has 2 rings (SSSR count). The SMILES string of the molecule is CN(C)CC1CCN(c2cc(Cl)ccc2N)CC1. The summed E-state index contributed by atoms with van der Waals surface area (Å²) < 4.78 is 0. The highest BCUT2D eigenvalue weighted by atomic mass is 35.5. The second-order valence-electron chi connectivity index (χ2n) is 5.40. The van der Waals surface area contributed by atoms with Crippen LogP contribution in [0, 0.1) is 5.92 Å². The molecule has 1 fully saturated rings. The van der Waals surface area contributed by atoms with E-state index in [4.69, 9.17) is 17.3 Å². The first kappa shape index (κ1) is 13.5. The molecule has 0 bridgehead atoms. The molecule has 0 aliphatic carbocycles. The molecule has 1 saturated heterocycles. The van der Waals surface area contributed by atoms with E-state index in [0.717, 1.165) is 35.4 Å². The molecule has 100 valence electrons. The van der Waals surface area contributed by atoms with Gasteiger partial charge in [-0.05, 0) is 51.1 Å². The van der Waals surface area contributed by atoms with Crippen LogP contribution in [-0.2, 0) is 0 Å². The van der Waals surface area contributed by atoms with Crippen molar-refractivity contribution in [2.24, 2.45) is 5.92 Å². The second kappa shape index (κ2) is 5.81. The van der Waals surface area contributed by atoms with Crippen molar-refractivity contribution in [3.63, 3.8) is 0 Å². The summed E-state index contributed by atoms with van der Waals surface area (Å²) in [5.41, 5.74) is 7.94. The van der Waals surface area contributed by atoms with Crippen LogP contribution in [0.3, 0.4) is 0 Å². The number of nitrogens with two attached hydrogens (primary N) is 1. The molecule has 3 nitrogen and oxygen atoms in total. The molecule has 0 amide bonds. The van der Waals surface area contributed by atoms with Crippen molar-refractivity contribution in [2.75, 3.05) is 44.4 Å². The largest absolute Gasteiger partial charge is 0.397 e. The molecule has 0 saturated carbocycles. The van der Waals surface area contributed by atoms with Crippen LogP contribution in [0.15, 0.2) is 18.2 Å². The molecule has 1 heterocycles. The molecular formula is C14H22ClN3. The fraction of sp³-hybridized carbons (Fsp3) is 0.571. The van der Waals surface area contributed by atoms with Crippen LogP contribution in [0.4, 0.5) is 11.4 Å². The lowest BCUT2D eigenvalue weighted by Gasteiger charge is -2.35. The molecule has 1 aromatic carbocycles. The Morgan fingerprint density at radius 1 is 1.33 bits per heavy atom. The van der Waals surface area contributed by atoms with Gasteiger partial charge in [-0.2, -0.15) is 0 Å². The van der Waals surface area contributed by atoms with Crippen molar-refractivity contribution < 1.29 is 0 Å². The molecule has 0 unspecified atom stereocenters. The Morgan fingerprint density at radius 2 is 2.00 bits per heavy atom. The van der Waals surface area contributed by atoms with Crippen LogP contribution >= 0.6 is 11.6 Å². The van der Waals surface area contributed by atoms with E-state index in [2.05, 4.69) is 23.9 Å². The van der Waals surface area contributed by atoms with Crippen LogP contribution in [0.25, 0.3) is 0 Å². The van der Waals surface area contributed by atoms with E-state index in [9.17, 15) is 0 Å². The monoisotopic (exact) mass is 267 g/mol. The second-order valence-corrected chi connectivity index (χ2v) is 5.83. The molecule has 0 spiro atoms. The van der Waals surface area contributed by atoms with Gasteiger partial charge in [-0.1, -0.05) is 11.6 Å². The van der Waals surface area contributed by atoms with Gasteiger partial charge in [0.15, 0.2) is 0 Å². The maximum absolute atomic E-state index is 6.04. The summed E-state index contributed by atoms with van der Waals surface area (Å²) in [6, 6.07) is 5.71. The van der Waals surface area contributed by atoms with E-state index in [0.29, 0.717) is 0 Å². The number of nitrogen functional groups attached to an aromatic ring is 1. The number of piperidine rings is 1. The minimum absolute atomic E-state index is 0.759. The summed E-state index contributed by atoms with van der Waals surface area (Å²) >= 11 is 6.04. The third-order valence-corrected chi connectivity index (χ3v) is 3.81. The Bertz CT molecular complexity index is 398. The van der Waals surface area contributed by atoms with Crippen molar-refractivity contribution in [3.8, 4) is 0 Å². The van der Waals surface area contributed by atoms with Gasteiger partial charge in [-0.15, -0.1) is 0 Å². The fourth-order valence-corrected chi connectivity index (χ4v) is 2.83. The molecule has 1 aliphatic heterocycles. The Labute approximate surface area is 115 Å². The highest BCUT2D eigenvalue weighted by Gasteiger charge is 2.21. The molecule has 18 heavy (non-hydrogen) atoms. The van der Waals surface area contributed by atoms with Crippen molar-refractivity contribution >= 4 is 23.0 Å². The number of halogens is 1. The molecule has 1 aromatic rings. The summed E-state index contributed by atoms with van der Waals surface area (Å²) in [7, 11) is 4.28. The maximum Gasteiger partial charge on any atom is 0.0614 e. The Morgan fingerprint density at radius 3 is 2.61 bits per heavy atom. The maximum atomic E-state index is 6.04. The third-order valence-electron chi connectivity index (χ3n) is 3.57. The predicted molar refractivity (Wildman–Crippen MR) is 79.4 cm³/mol.